The van der Waals surface area contributed by atoms with Gasteiger partial charge in [0.1, 0.15) is 5.82 Å². The molecule has 2 rings (SSSR count). The number of benzene rings is 2. The Morgan fingerprint density at radius 2 is 1.90 bits per heavy atom. The number of aryl methyl sites for hydroxylation is 1. The van der Waals surface area contributed by atoms with Crippen LogP contribution in [0.2, 0.25) is 5.02 Å². The minimum absolute atomic E-state index is 0.0153. The smallest absolute Gasteiger partial charge is 0.228 e. The Kier molecular flexibility index (Phi) is 4.74. The minimum atomic E-state index is -0.464. The quantitative estimate of drug-likeness (QED) is 0.898. The molecule has 0 aliphatic carbocycles. The van der Waals surface area contributed by atoms with E-state index in [0.29, 0.717) is 16.3 Å². The Balaban J connectivity index is 2.01. The van der Waals surface area contributed by atoms with E-state index in [4.69, 9.17) is 11.6 Å². The molecule has 0 aromatic heterocycles. The molecule has 2 aromatic rings. The van der Waals surface area contributed by atoms with Gasteiger partial charge in [0.2, 0.25) is 5.91 Å². The number of hydrogen-bond donors (Lipinski definition) is 1. The van der Waals surface area contributed by atoms with E-state index in [1.807, 2.05) is 24.3 Å². The second-order valence-electron chi connectivity index (χ2n) is 4.51. The van der Waals surface area contributed by atoms with E-state index in [0.717, 1.165) is 6.42 Å². The molecule has 1 amide bonds. The molecular weight excluding hydrogens is 277 g/mol. The molecule has 0 fully saturated rings. The van der Waals surface area contributed by atoms with Gasteiger partial charge in [0.05, 0.1) is 6.42 Å². The molecule has 0 bridgehead atoms. The molecule has 104 valence electrons. The fourth-order valence-corrected chi connectivity index (χ4v) is 2.03. The van der Waals surface area contributed by atoms with Gasteiger partial charge in [-0.3, -0.25) is 4.79 Å². The van der Waals surface area contributed by atoms with Crippen molar-refractivity contribution in [3.8, 4) is 0 Å². The average molecular weight is 292 g/mol. The summed E-state index contributed by atoms with van der Waals surface area (Å²) in [4.78, 5) is 11.9. The van der Waals surface area contributed by atoms with E-state index in [1.54, 1.807) is 6.07 Å². The number of nitrogens with one attached hydrogen (secondary N) is 1. The predicted octanol–water partition coefficient (Wildman–Crippen LogP) is 4.22. The van der Waals surface area contributed by atoms with Gasteiger partial charge in [0.25, 0.3) is 0 Å². The van der Waals surface area contributed by atoms with Crippen LogP contribution in [-0.4, -0.2) is 5.91 Å². The lowest BCUT2D eigenvalue weighted by Crippen LogP contribution is -2.15. The highest BCUT2D eigenvalue weighted by atomic mass is 35.5. The highest BCUT2D eigenvalue weighted by Crippen LogP contribution is 2.16. The van der Waals surface area contributed by atoms with Gasteiger partial charge in [-0.25, -0.2) is 4.39 Å². The molecule has 0 aliphatic rings. The summed E-state index contributed by atoms with van der Waals surface area (Å²) in [6, 6.07) is 11.9. The number of carbonyl (C=O) groups excluding carboxylic acids is 1. The summed E-state index contributed by atoms with van der Waals surface area (Å²) in [5.41, 5.74) is 2.24. The highest BCUT2D eigenvalue weighted by Gasteiger charge is 2.09. The Bertz CT molecular complexity index is 610. The maximum Gasteiger partial charge on any atom is 0.228 e. The molecule has 4 heteroatoms. The first-order chi connectivity index (χ1) is 9.58. The van der Waals surface area contributed by atoms with Crippen molar-refractivity contribution < 1.29 is 9.18 Å². The summed E-state index contributed by atoms with van der Waals surface area (Å²) >= 11 is 5.67. The van der Waals surface area contributed by atoms with Crippen molar-refractivity contribution in [3.63, 3.8) is 0 Å². The zero-order valence-corrected chi connectivity index (χ0v) is 11.9. The van der Waals surface area contributed by atoms with Crippen LogP contribution in [0.3, 0.4) is 0 Å². The molecule has 1 N–H and O–H groups in total. The summed E-state index contributed by atoms with van der Waals surface area (Å²) in [5.74, 6) is -0.718. The molecule has 0 radical (unpaired) electrons. The van der Waals surface area contributed by atoms with Crippen LogP contribution in [0.25, 0.3) is 0 Å². The maximum atomic E-state index is 13.6. The summed E-state index contributed by atoms with van der Waals surface area (Å²) < 4.78 is 13.6. The lowest BCUT2D eigenvalue weighted by Gasteiger charge is -2.07. The van der Waals surface area contributed by atoms with Gasteiger partial charge >= 0.3 is 0 Å². The Morgan fingerprint density at radius 1 is 1.20 bits per heavy atom. The number of rotatable bonds is 4. The standard InChI is InChI=1S/C16H15ClFNO/c1-2-11-3-7-14(8-4-11)19-16(20)9-12-5-6-13(17)10-15(12)18/h3-8,10H,2,9H2,1H3,(H,19,20). The molecule has 0 saturated heterocycles. The second kappa shape index (κ2) is 6.53. The number of carbonyl (C=O) groups is 1. The lowest BCUT2D eigenvalue weighted by molar-refractivity contribution is -0.115. The van der Waals surface area contributed by atoms with Crippen molar-refractivity contribution in [2.75, 3.05) is 5.32 Å². The predicted molar refractivity (Wildman–Crippen MR) is 79.6 cm³/mol. The molecule has 0 aliphatic heterocycles. The molecule has 0 saturated carbocycles. The molecule has 0 unspecified atom stereocenters. The zero-order chi connectivity index (χ0) is 14.5. The van der Waals surface area contributed by atoms with Crippen LogP contribution in [-0.2, 0) is 17.6 Å². The number of anilines is 1. The third kappa shape index (κ3) is 3.81. The molecular formula is C16H15ClFNO. The second-order valence-corrected chi connectivity index (χ2v) is 4.95. The van der Waals surface area contributed by atoms with E-state index in [2.05, 4.69) is 12.2 Å². The fourth-order valence-electron chi connectivity index (χ4n) is 1.87. The van der Waals surface area contributed by atoms with Gasteiger partial charge < -0.3 is 5.32 Å². The Morgan fingerprint density at radius 3 is 2.50 bits per heavy atom. The minimum Gasteiger partial charge on any atom is -0.326 e. The van der Waals surface area contributed by atoms with E-state index in [-0.39, 0.29) is 12.3 Å². The van der Waals surface area contributed by atoms with E-state index >= 15 is 0 Å². The first-order valence-electron chi connectivity index (χ1n) is 6.41. The van der Waals surface area contributed by atoms with E-state index < -0.39 is 5.82 Å². The molecule has 2 nitrogen and oxygen atoms in total. The van der Waals surface area contributed by atoms with Crippen molar-refractivity contribution >= 4 is 23.2 Å². The maximum absolute atomic E-state index is 13.6. The van der Waals surface area contributed by atoms with Gasteiger partial charge in [-0.05, 0) is 41.8 Å². The number of amides is 1. The fraction of sp³-hybridized carbons (Fsp3) is 0.188. The van der Waals surface area contributed by atoms with E-state index in [1.165, 1.54) is 17.7 Å². The summed E-state index contributed by atoms with van der Waals surface area (Å²) in [6.07, 6.45) is 0.933. The first kappa shape index (κ1) is 14.5. The summed E-state index contributed by atoms with van der Waals surface area (Å²) in [7, 11) is 0. The third-order valence-corrected chi connectivity index (χ3v) is 3.25. The van der Waals surface area contributed by atoms with Crippen LogP contribution in [0.1, 0.15) is 18.1 Å². The Hall–Kier alpha value is -1.87. The van der Waals surface area contributed by atoms with Gasteiger partial charge in [0, 0.05) is 10.7 Å². The molecule has 0 spiro atoms. The molecule has 2 aromatic carbocycles. The van der Waals surface area contributed by atoms with Crippen LogP contribution in [0.4, 0.5) is 10.1 Å². The zero-order valence-electron chi connectivity index (χ0n) is 11.1. The van der Waals surface area contributed by atoms with Crippen LogP contribution in [0.5, 0.6) is 0 Å². The molecule has 0 atom stereocenters. The van der Waals surface area contributed by atoms with Crippen molar-refractivity contribution in [2.24, 2.45) is 0 Å². The van der Waals surface area contributed by atoms with Crippen molar-refractivity contribution in [1.82, 2.24) is 0 Å². The molecule has 20 heavy (non-hydrogen) atoms. The Labute approximate surface area is 122 Å². The summed E-state index contributed by atoms with van der Waals surface area (Å²) in [6.45, 7) is 2.07. The van der Waals surface area contributed by atoms with Crippen molar-refractivity contribution in [1.29, 1.82) is 0 Å². The monoisotopic (exact) mass is 291 g/mol. The normalized spacial score (nSPS) is 10.3. The van der Waals surface area contributed by atoms with Crippen LogP contribution in [0, 0.1) is 5.82 Å². The topological polar surface area (TPSA) is 29.1 Å². The van der Waals surface area contributed by atoms with Gasteiger partial charge in [-0.1, -0.05) is 36.7 Å². The van der Waals surface area contributed by atoms with Crippen molar-refractivity contribution in [2.45, 2.75) is 19.8 Å². The molecule has 0 heterocycles. The number of hydrogen-bond acceptors (Lipinski definition) is 1. The third-order valence-electron chi connectivity index (χ3n) is 3.01. The van der Waals surface area contributed by atoms with Gasteiger partial charge in [-0.2, -0.15) is 0 Å². The average Bonchev–Trinajstić information content (AvgIpc) is 2.43. The van der Waals surface area contributed by atoms with E-state index in [9.17, 15) is 9.18 Å². The van der Waals surface area contributed by atoms with Crippen LogP contribution in [0.15, 0.2) is 42.5 Å². The lowest BCUT2D eigenvalue weighted by atomic mass is 10.1. The van der Waals surface area contributed by atoms with Gasteiger partial charge in [-0.15, -0.1) is 0 Å². The van der Waals surface area contributed by atoms with Crippen LogP contribution >= 0.6 is 11.6 Å². The largest absolute Gasteiger partial charge is 0.326 e. The summed E-state index contributed by atoms with van der Waals surface area (Å²) in [5, 5.41) is 3.07. The highest BCUT2D eigenvalue weighted by molar-refractivity contribution is 6.30. The first-order valence-corrected chi connectivity index (χ1v) is 6.79. The SMILES string of the molecule is CCc1ccc(NC(=O)Cc2ccc(Cl)cc2F)cc1. The van der Waals surface area contributed by atoms with Crippen molar-refractivity contribution in [3.05, 3.63) is 64.4 Å². The van der Waals surface area contributed by atoms with Crippen LogP contribution < -0.4 is 5.32 Å². The van der Waals surface area contributed by atoms with Gasteiger partial charge in [0.15, 0.2) is 0 Å². The number of halogens is 2.